The quantitative estimate of drug-likeness (QED) is 0.276. The maximum Gasteiger partial charge on any atom is 0.425 e. The van der Waals surface area contributed by atoms with Gasteiger partial charge in [0.15, 0.2) is 11.9 Å². The summed E-state index contributed by atoms with van der Waals surface area (Å²) in [6.07, 6.45) is -11.8. The van der Waals surface area contributed by atoms with E-state index in [0.717, 1.165) is 33.1 Å². The minimum Gasteiger partial charge on any atom is -0.467 e. The van der Waals surface area contributed by atoms with Crippen molar-refractivity contribution in [2.75, 3.05) is 50.9 Å². The van der Waals surface area contributed by atoms with Crippen LogP contribution < -0.4 is 25.8 Å². The zero-order chi connectivity index (χ0) is 35.6. The molecule has 6 rings (SSSR count). The molecular formula is C29H35F9N8O2. The number of ether oxygens (including phenoxy) is 2. The van der Waals surface area contributed by atoms with Gasteiger partial charge in [-0.3, -0.25) is 4.90 Å². The first-order valence-electron chi connectivity index (χ1n) is 15.1. The van der Waals surface area contributed by atoms with Crippen molar-refractivity contribution in [1.82, 2.24) is 30.2 Å². The second-order valence-electron chi connectivity index (χ2n) is 11.0. The number of hydrogen-bond donors (Lipinski definition) is 3. The molecule has 48 heavy (non-hydrogen) atoms. The molecule has 2 saturated heterocycles. The largest absolute Gasteiger partial charge is 0.467 e. The molecule has 0 saturated carbocycles. The number of rotatable bonds is 2. The summed E-state index contributed by atoms with van der Waals surface area (Å²) in [4.78, 5) is 17.1. The summed E-state index contributed by atoms with van der Waals surface area (Å²) in [5, 5.41) is 5.22. The summed E-state index contributed by atoms with van der Waals surface area (Å²) in [5.41, 5.74) is 1.19. The van der Waals surface area contributed by atoms with Crippen molar-refractivity contribution in [3.63, 3.8) is 0 Å². The number of nitrogens with one attached hydrogen (secondary N) is 2. The minimum absolute atomic E-state index is 0.0116. The molecule has 10 nitrogen and oxygen atoms in total. The van der Waals surface area contributed by atoms with E-state index in [9.17, 15) is 35.1 Å². The second kappa shape index (κ2) is 14.3. The Balaban J connectivity index is 0.000000399. The fraction of sp³-hybridized carbons (Fsp3) is 0.586. The van der Waals surface area contributed by atoms with Crippen LogP contribution in [-0.4, -0.2) is 88.9 Å². The summed E-state index contributed by atoms with van der Waals surface area (Å²) in [6.45, 7) is 6.17. The van der Waals surface area contributed by atoms with Crippen LogP contribution in [0.2, 0.25) is 0 Å². The van der Waals surface area contributed by atoms with Gasteiger partial charge >= 0.3 is 18.4 Å². The molecule has 0 radical (unpaired) electrons. The van der Waals surface area contributed by atoms with Gasteiger partial charge in [-0.2, -0.15) is 36.3 Å². The molecule has 2 atom stereocenters. The Morgan fingerprint density at radius 2 is 1.73 bits per heavy atom. The molecule has 2 fully saturated rings. The van der Waals surface area contributed by atoms with E-state index in [-0.39, 0.29) is 44.5 Å². The third kappa shape index (κ3) is 8.04. The van der Waals surface area contributed by atoms with Crippen molar-refractivity contribution in [2.24, 2.45) is 0 Å². The number of hydrogen-bond acceptors (Lipinski definition) is 10. The van der Waals surface area contributed by atoms with Crippen LogP contribution in [0.3, 0.4) is 0 Å². The topological polar surface area (TPSA) is 123 Å². The maximum atomic E-state index is 15.9. The van der Waals surface area contributed by atoms with Crippen molar-refractivity contribution >= 4 is 22.5 Å². The molecule has 0 aliphatic carbocycles. The minimum atomic E-state index is -5.03. The molecule has 266 valence electrons. The van der Waals surface area contributed by atoms with E-state index in [1.54, 1.807) is 0 Å². The zero-order valence-corrected chi connectivity index (χ0v) is 26.4. The molecule has 3 aliphatic heterocycles. The van der Waals surface area contributed by atoms with Gasteiger partial charge in [-0.1, -0.05) is 13.8 Å². The van der Waals surface area contributed by atoms with Crippen LogP contribution in [0.4, 0.5) is 51.1 Å². The average molecular weight is 699 g/mol. The molecule has 19 heteroatoms. The number of halogens is 9. The first-order chi connectivity index (χ1) is 22.5. The van der Waals surface area contributed by atoms with E-state index >= 15 is 4.39 Å². The summed E-state index contributed by atoms with van der Waals surface area (Å²) in [6, 6.07) is 0.557. The van der Waals surface area contributed by atoms with Crippen LogP contribution in [-0.2, 0) is 6.18 Å². The molecule has 0 spiro atoms. The predicted molar refractivity (Wildman–Crippen MR) is 159 cm³/mol. The van der Waals surface area contributed by atoms with Crippen LogP contribution in [0.25, 0.3) is 22.2 Å². The number of alkyl halides is 8. The summed E-state index contributed by atoms with van der Waals surface area (Å²) in [5.74, 6) is -5.14. The second-order valence-corrected chi connectivity index (χ2v) is 11.0. The van der Waals surface area contributed by atoms with Crippen LogP contribution in [0.1, 0.15) is 44.4 Å². The lowest BCUT2D eigenvalue weighted by Gasteiger charge is -2.33. The van der Waals surface area contributed by atoms with Crippen molar-refractivity contribution < 1.29 is 49.0 Å². The third-order valence-corrected chi connectivity index (χ3v) is 7.70. The number of methoxy groups -OCH3 is 1. The molecule has 3 aromatic rings. The van der Waals surface area contributed by atoms with Gasteiger partial charge < -0.3 is 25.8 Å². The molecule has 2 unspecified atom stereocenters. The number of fused-ring (bicyclic) bond motifs is 1. The first kappa shape index (κ1) is 37.0. The molecule has 3 aromatic heterocycles. The number of aryl methyl sites for hydroxylation is 1. The number of nitrogens with zero attached hydrogens (tertiary/aromatic N) is 5. The van der Waals surface area contributed by atoms with Crippen molar-refractivity contribution in [1.29, 1.82) is 0 Å². The number of nitrogens with two attached hydrogens (primary N) is 1. The van der Waals surface area contributed by atoms with Gasteiger partial charge in [-0.15, -0.1) is 0 Å². The Hall–Kier alpha value is -3.87. The van der Waals surface area contributed by atoms with Crippen molar-refractivity contribution in [2.45, 2.75) is 70.5 Å². The van der Waals surface area contributed by atoms with Gasteiger partial charge in [-0.05, 0) is 26.0 Å². The molecule has 0 bridgehead atoms. The van der Waals surface area contributed by atoms with E-state index in [4.69, 9.17) is 15.2 Å². The highest BCUT2D eigenvalue weighted by Gasteiger charge is 2.48. The normalized spacial score (nSPS) is 20.8. The number of anilines is 2. The van der Waals surface area contributed by atoms with E-state index < -0.39 is 87.7 Å². The summed E-state index contributed by atoms with van der Waals surface area (Å²) < 4.78 is 134. The van der Waals surface area contributed by atoms with E-state index in [0.29, 0.717) is 0 Å². The van der Waals surface area contributed by atoms with Crippen LogP contribution in [0.5, 0.6) is 11.9 Å². The van der Waals surface area contributed by atoms with Crippen LogP contribution >= 0.6 is 0 Å². The Morgan fingerprint density at radius 1 is 1.02 bits per heavy atom. The Morgan fingerprint density at radius 3 is 2.27 bits per heavy atom. The predicted octanol–water partition coefficient (Wildman–Crippen LogP) is 5.98. The Bertz CT molecular complexity index is 1590. The fourth-order valence-electron chi connectivity index (χ4n) is 5.54. The van der Waals surface area contributed by atoms with Gasteiger partial charge in [0.1, 0.15) is 28.2 Å². The van der Waals surface area contributed by atoms with E-state index in [1.807, 2.05) is 18.7 Å². The molecular weight excluding hydrogens is 663 g/mol. The van der Waals surface area contributed by atoms with Gasteiger partial charge in [0, 0.05) is 44.1 Å². The van der Waals surface area contributed by atoms with Gasteiger partial charge in [0.05, 0.1) is 24.9 Å². The first-order valence-corrected chi connectivity index (χ1v) is 15.1. The summed E-state index contributed by atoms with van der Waals surface area (Å²) >= 11 is 0. The number of nitrogen functional groups attached to an aromatic ring is 1. The van der Waals surface area contributed by atoms with Crippen LogP contribution in [0, 0.1) is 12.7 Å². The van der Waals surface area contributed by atoms with E-state index in [2.05, 4.69) is 30.6 Å². The highest BCUT2D eigenvalue weighted by Crippen LogP contribution is 2.44. The van der Waals surface area contributed by atoms with Gasteiger partial charge in [0.25, 0.3) is 5.92 Å². The molecule has 3 aliphatic rings. The Labute approximate surface area is 269 Å². The van der Waals surface area contributed by atoms with Crippen molar-refractivity contribution in [3.05, 3.63) is 23.1 Å². The maximum absolute atomic E-state index is 15.9. The van der Waals surface area contributed by atoms with Crippen molar-refractivity contribution in [3.8, 4) is 23.1 Å². The molecule has 0 aromatic carbocycles. The third-order valence-electron chi connectivity index (χ3n) is 7.70. The van der Waals surface area contributed by atoms with E-state index in [1.165, 1.54) is 0 Å². The standard InChI is InChI=1S/C21H20F7N7O2.C6H9F2N.C2H6/c1-8-13(21(26,27)28)9(7-11(29)32-8)15-14(22)16-12-17(35-19(34-16)36-2)31-6-5-30-4-3-10(20(23,24)25)37-18(12)33-15;7-6(8)3-5-1-2-9(5)4-6;1-2/h7,10,30H,3-6H2,1-2H3,(H2,29,32)(H,31,34,35);5H,1-4H2;1-2H3. The molecule has 6 heterocycles. The molecule has 0 amide bonds. The fourth-order valence-corrected chi connectivity index (χ4v) is 5.54. The zero-order valence-electron chi connectivity index (χ0n) is 26.4. The lowest BCUT2D eigenvalue weighted by Crippen LogP contribution is -2.42. The lowest BCUT2D eigenvalue weighted by molar-refractivity contribution is -0.196. The Kier molecular flexibility index (Phi) is 11.0. The average Bonchev–Trinajstić information content (AvgIpc) is 3.18. The number of pyridine rings is 2. The number of aromatic nitrogens is 4. The monoisotopic (exact) mass is 698 g/mol. The lowest BCUT2D eigenvalue weighted by atomic mass is 10.0. The van der Waals surface area contributed by atoms with Gasteiger partial charge in [-0.25, -0.2) is 23.1 Å². The highest BCUT2D eigenvalue weighted by molar-refractivity contribution is 5.96. The van der Waals surface area contributed by atoms with Gasteiger partial charge in [0.2, 0.25) is 5.88 Å². The summed E-state index contributed by atoms with van der Waals surface area (Å²) in [7, 11) is 1.16. The molecule has 4 N–H and O–H groups in total. The smallest absolute Gasteiger partial charge is 0.425 e. The highest BCUT2D eigenvalue weighted by atomic mass is 19.4. The van der Waals surface area contributed by atoms with Crippen LogP contribution in [0.15, 0.2) is 6.07 Å². The SMILES string of the molecule is CC.COc1nc2c3c(nc(-c4cc(N)nc(C)c4C(F)(F)F)c(F)c3n1)OC(C(F)(F)F)CCNCCN2.FC1(F)CC2CCN2C1.